The van der Waals surface area contributed by atoms with Gasteiger partial charge in [0.1, 0.15) is 0 Å². The number of hydrogen-bond donors (Lipinski definition) is 3. The molecule has 0 aliphatic carbocycles. The first-order valence-electron chi connectivity index (χ1n) is 9.22. The van der Waals surface area contributed by atoms with Gasteiger partial charge >= 0.3 is 0 Å². The van der Waals surface area contributed by atoms with Crippen LogP contribution < -0.4 is 20.9 Å². The summed E-state index contributed by atoms with van der Waals surface area (Å²) in [6, 6.07) is 8.75. The lowest BCUT2D eigenvalue weighted by atomic mass is 10.1. The second-order valence-corrected chi connectivity index (χ2v) is 6.43. The molecular weight excluding hydrogens is 441 g/mol. The molecule has 0 saturated carbocycles. The van der Waals surface area contributed by atoms with E-state index in [1.54, 1.807) is 7.05 Å². The van der Waals surface area contributed by atoms with Crippen molar-refractivity contribution in [2.75, 3.05) is 38.1 Å². The summed E-state index contributed by atoms with van der Waals surface area (Å²) in [4.78, 5) is 18.3. The van der Waals surface area contributed by atoms with Crippen molar-refractivity contribution in [2.45, 2.75) is 39.2 Å². The van der Waals surface area contributed by atoms with Crippen LogP contribution >= 0.6 is 24.0 Å². The Balaban J connectivity index is 0.00000338. The van der Waals surface area contributed by atoms with Crippen molar-refractivity contribution in [3.05, 3.63) is 29.8 Å². The summed E-state index contributed by atoms with van der Waals surface area (Å²) in [5, 5.41) is 9.26. The van der Waals surface area contributed by atoms with Crippen molar-refractivity contribution in [1.82, 2.24) is 16.0 Å². The maximum Gasteiger partial charge on any atom is 0.239 e. The number of guanidine groups is 1. The summed E-state index contributed by atoms with van der Waals surface area (Å²) >= 11 is 0. The second kappa shape index (κ2) is 12.0. The second-order valence-electron chi connectivity index (χ2n) is 6.43. The van der Waals surface area contributed by atoms with Crippen molar-refractivity contribution in [3.8, 4) is 0 Å². The van der Waals surface area contributed by atoms with E-state index in [0.29, 0.717) is 12.5 Å². The fraction of sp³-hybridized carbons (Fsp3) is 0.579. The minimum atomic E-state index is -0.0199. The highest BCUT2D eigenvalue weighted by atomic mass is 127. The van der Waals surface area contributed by atoms with E-state index in [2.05, 4.69) is 57.0 Å². The van der Waals surface area contributed by atoms with Crippen molar-refractivity contribution >= 4 is 41.5 Å². The fourth-order valence-electron chi connectivity index (χ4n) is 2.94. The molecule has 7 heteroatoms. The molecule has 0 spiro atoms. The van der Waals surface area contributed by atoms with Gasteiger partial charge in [0.05, 0.1) is 12.6 Å². The molecule has 1 aromatic rings. The molecule has 146 valence electrons. The minimum absolute atomic E-state index is 0. The van der Waals surface area contributed by atoms with E-state index in [1.807, 2.05) is 6.92 Å². The van der Waals surface area contributed by atoms with E-state index in [4.69, 9.17) is 0 Å². The predicted molar refractivity (Wildman–Crippen MR) is 120 cm³/mol. The third-order valence-electron chi connectivity index (χ3n) is 4.41. The van der Waals surface area contributed by atoms with Gasteiger partial charge in [-0.2, -0.15) is 0 Å². The first-order valence-corrected chi connectivity index (χ1v) is 9.22. The van der Waals surface area contributed by atoms with Gasteiger partial charge < -0.3 is 20.9 Å². The standard InChI is InChI=1S/C19H31N5O.HI/c1-4-10-21-18(25)14-22-19(20-3)23-15(2)16-8-7-9-17(13-16)24-11-5-6-12-24;/h7-9,13,15H,4-6,10-12,14H2,1-3H3,(H,21,25)(H2,20,22,23);1H. The number of aliphatic imine (C=N–C) groups is 1. The lowest BCUT2D eigenvalue weighted by molar-refractivity contribution is -0.120. The summed E-state index contributed by atoms with van der Waals surface area (Å²) in [6.07, 6.45) is 3.48. The zero-order valence-electron chi connectivity index (χ0n) is 16.0. The third-order valence-corrected chi connectivity index (χ3v) is 4.41. The summed E-state index contributed by atoms with van der Waals surface area (Å²) in [5.41, 5.74) is 2.49. The molecule has 1 saturated heterocycles. The highest BCUT2D eigenvalue weighted by Gasteiger charge is 2.14. The highest BCUT2D eigenvalue weighted by Crippen LogP contribution is 2.23. The Kier molecular flexibility index (Phi) is 10.4. The normalized spacial score (nSPS) is 15.2. The number of carbonyl (C=O) groups is 1. The van der Waals surface area contributed by atoms with E-state index in [-0.39, 0.29) is 42.5 Å². The molecule has 1 fully saturated rings. The van der Waals surface area contributed by atoms with E-state index >= 15 is 0 Å². The van der Waals surface area contributed by atoms with Gasteiger partial charge in [-0.1, -0.05) is 19.1 Å². The molecule has 0 bridgehead atoms. The molecule has 2 rings (SSSR count). The fourth-order valence-corrected chi connectivity index (χ4v) is 2.94. The Bertz CT molecular complexity index is 587. The first kappa shape index (κ1) is 22.5. The summed E-state index contributed by atoms with van der Waals surface area (Å²) in [5.74, 6) is 0.610. The van der Waals surface area contributed by atoms with Gasteiger partial charge in [0.15, 0.2) is 5.96 Å². The van der Waals surface area contributed by atoms with Crippen LogP contribution in [-0.2, 0) is 4.79 Å². The Morgan fingerprint density at radius 2 is 2.00 bits per heavy atom. The van der Waals surface area contributed by atoms with Gasteiger partial charge in [0, 0.05) is 32.4 Å². The van der Waals surface area contributed by atoms with Gasteiger partial charge in [0.25, 0.3) is 0 Å². The molecule has 26 heavy (non-hydrogen) atoms. The highest BCUT2D eigenvalue weighted by molar-refractivity contribution is 14.0. The van der Waals surface area contributed by atoms with E-state index in [1.165, 1.54) is 24.1 Å². The average molecular weight is 473 g/mol. The van der Waals surface area contributed by atoms with Crippen molar-refractivity contribution in [3.63, 3.8) is 0 Å². The van der Waals surface area contributed by atoms with Crippen LogP contribution in [0.1, 0.15) is 44.7 Å². The van der Waals surface area contributed by atoms with E-state index in [0.717, 1.165) is 19.5 Å². The lowest BCUT2D eigenvalue weighted by Crippen LogP contribution is -2.44. The number of nitrogens with one attached hydrogen (secondary N) is 3. The number of amides is 1. The molecule has 1 unspecified atom stereocenters. The summed E-state index contributed by atoms with van der Waals surface area (Å²) in [7, 11) is 1.71. The van der Waals surface area contributed by atoms with Crippen LogP contribution in [-0.4, -0.2) is 45.1 Å². The van der Waals surface area contributed by atoms with Gasteiger partial charge in [-0.05, 0) is 43.9 Å². The Morgan fingerprint density at radius 3 is 2.65 bits per heavy atom. The Morgan fingerprint density at radius 1 is 1.27 bits per heavy atom. The topological polar surface area (TPSA) is 68.8 Å². The number of hydrogen-bond acceptors (Lipinski definition) is 3. The number of rotatable bonds is 7. The van der Waals surface area contributed by atoms with Crippen LogP contribution in [0.25, 0.3) is 0 Å². The van der Waals surface area contributed by atoms with Crippen LogP contribution in [0.2, 0.25) is 0 Å². The number of nitrogens with zero attached hydrogens (tertiary/aromatic N) is 2. The average Bonchev–Trinajstić information content (AvgIpc) is 3.18. The van der Waals surface area contributed by atoms with Gasteiger partial charge in [0.2, 0.25) is 5.91 Å². The molecule has 1 aliphatic heterocycles. The molecule has 1 atom stereocenters. The molecule has 3 N–H and O–H groups in total. The molecule has 1 aliphatic rings. The zero-order chi connectivity index (χ0) is 18.1. The molecular formula is C19H32IN5O. The van der Waals surface area contributed by atoms with Crippen LogP contribution in [0.15, 0.2) is 29.3 Å². The maximum atomic E-state index is 11.7. The number of anilines is 1. The third kappa shape index (κ3) is 7.01. The van der Waals surface area contributed by atoms with E-state index < -0.39 is 0 Å². The SMILES string of the molecule is CCCNC(=O)CNC(=NC)NC(C)c1cccc(N2CCCC2)c1.I. The lowest BCUT2D eigenvalue weighted by Gasteiger charge is -2.22. The van der Waals surface area contributed by atoms with Gasteiger partial charge in [-0.15, -0.1) is 24.0 Å². The number of halogens is 1. The zero-order valence-corrected chi connectivity index (χ0v) is 18.4. The first-order chi connectivity index (χ1) is 12.1. The van der Waals surface area contributed by atoms with Crippen molar-refractivity contribution < 1.29 is 4.79 Å². The maximum absolute atomic E-state index is 11.7. The quantitative estimate of drug-likeness (QED) is 0.324. The number of benzene rings is 1. The van der Waals surface area contributed by atoms with E-state index in [9.17, 15) is 4.79 Å². The Hall–Kier alpha value is -1.51. The van der Waals surface area contributed by atoms with Crippen LogP contribution in [0.4, 0.5) is 5.69 Å². The largest absolute Gasteiger partial charge is 0.372 e. The minimum Gasteiger partial charge on any atom is -0.372 e. The number of carbonyl (C=O) groups excluding carboxylic acids is 1. The smallest absolute Gasteiger partial charge is 0.239 e. The monoisotopic (exact) mass is 473 g/mol. The van der Waals surface area contributed by atoms with Crippen LogP contribution in [0.3, 0.4) is 0 Å². The molecule has 6 nitrogen and oxygen atoms in total. The summed E-state index contributed by atoms with van der Waals surface area (Å²) in [6.45, 7) is 7.34. The predicted octanol–water partition coefficient (Wildman–Crippen LogP) is 2.66. The summed E-state index contributed by atoms with van der Waals surface area (Å²) < 4.78 is 0. The molecule has 1 heterocycles. The van der Waals surface area contributed by atoms with Gasteiger partial charge in [-0.25, -0.2) is 0 Å². The van der Waals surface area contributed by atoms with Crippen LogP contribution in [0.5, 0.6) is 0 Å². The molecule has 0 aromatic heterocycles. The Labute approximate surface area is 174 Å². The van der Waals surface area contributed by atoms with Crippen LogP contribution in [0, 0.1) is 0 Å². The van der Waals surface area contributed by atoms with Crippen molar-refractivity contribution in [2.24, 2.45) is 4.99 Å². The molecule has 1 amide bonds. The molecule has 1 aromatic carbocycles. The van der Waals surface area contributed by atoms with Crippen molar-refractivity contribution in [1.29, 1.82) is 0 Å². The molecule has 0 radical (unpaired) electrons. The van der Waals surface area contributed by atoms with Gasteiger partial charge in [-0.3, -0.25) is 9.79 Å².